The summed E-state index contributed by atoms with van der Waals surface area (Å²) in [6.07, 6.45) is 0. The monoisotopic (exact) mass is 444 g/mol. The highest BCUT2D eigenvalue weighted by atomic mass is 35.5. The van der Waals surface area contributed by atoms with Gasteiger partial charge in [-0.1, -0.05) is 37.6 Å². The van der Waals surface area contributed by atoms with Gasteiger partial charge in [0.05, 0.1) is 20.1 Å². The summed E-state index contributed by atoms with van der Waals surface area (Å²) in [6.45, 7) is 5.43. The van der Waals surface area contributed by atoms with Crippen molar-refractivity contribution in [3.8, 4) is 11.5 Å². The van der Waals surface area contributed by atoms with Crippen molar-refractivity contribution >= 4 is 23.4 Å². The lowest BCUT2D eigenvalue weighted by molar-refractivity contribution is -0.125. The molecule has 1 aliphatic rings. The fourth-order valence-corrected chi connectivity index (χ4v) is 4.11. The van der Waals surface area contributed by atoms with Gasteiger partial charge in [-0.25, -0.2) is 0 Å². The fraction of sp³-hybridized carbons (Fsp3) is 0.417. The van der Waals surface area contributed by atoms with E-state index in [0.717, 1.165) is 5.56 Å². The molecule has 2 aromatic rings. The molecule has 1 saturated heterocycles. The molecule has 0 aliphatic carbocycles. The summed E-state index contributed by atoms with van der Waals surface area (Å²) >= 11 is 6.08. The van der Waals surface area contributed by atoms with E-state index in [2.05, 4.69) is 5.32 Å². The number of nitrogens with zero attached hydrogens (tertiary/aromatic N) is 1. The Morgan fingerprint density at radius 3 is 2.55 bits per heavy atom. The van der Waals surface area contributed by atoms with E-state index in [4.69, 9.17) is 21.1 Å². The molecule has 3 rings (SSSR count). The Morgan fingerprint density at radius 1 is 1.13 bits per heavy atom. The van der Waals surface area contributed by atoms with Crippen LogP contribution in [0, 0.1) is 11.8 Å². The molecule has 0 bridgehead atoms. The lowest BCUT2D eigenvalue weighted by atomic mass is 9.87. The Hall–Kier alpha value is -2.73. The number of nitrogens with one attached hydrogen (secondary N) is 1. The van der Waals surface area contributed by atoms with Crippen molar-refractivity contribution in [1.82, 2.24) is 10.2 Å². The molecule has 1 aliphatic heterocycles. The van der Waals surface area contributed by atoms with Gasteiger partial charge in [0.15, 0.2) is 0 Å². The molecule has 2 atom stereocenters. The van der Waals surface area contributed by atoms with Crippen LogP contribution in [0.3, 0.4) is 0 Å². The van der Waals surface area contributed by atoms with Crippen molar-refractivity contribution in [3.63, 3.8) is 0 Å². The number of likely N-dealkylation sites (tertiary alicyclic amines) is 1. The third-order valence-corrected chi connectivity index (χ3v) is 5.78. The van der Waals surface area contributed by atoms with Crippen molar-refractivity contribution in [2.75, 3.05) is 33.9 Å². The summed E-state index contributed by atoms with van der Waals surface area (Å²) < 4.78 is 10.9. The van der Waals surface area contributed by atoms with Crippen LogP contribution in [0.2, 0.25) is 5.02 Å². The van der Waals surface area contributed by atoms with Crippen molar-refractivity contribution in [1.29, 1.82) is 0 Å². The molecule has 31 heavy (non-hydrogen) atoms. The van der Waals surface area contributed by atoms with E-state index in [-0.39, 0.29) is 23.7 Å². The first kappa shape index (κ1) is 22.9. The first-order chi connectivity index (χ1) is 14.8. The molecule has 0 unspecified atom stereocenters. The van der Waals surface area contributed by atoms with Gasteiger partial charge in [0.1, 0.15) is 11.5 Å². The molecule has 0 aromatic heterocycles. The van der Waals surface area contributed by atoms with Gasteiger partial charge in [-0.05, 0) is 30.2 Å². The van der Waals surface area contributed by atoms with Crippen LogP contribution in [0.5, 0.6) is 11.5 Å². The van der Waals surface area contributed by atoms with E-state index in [1.54, 1.807) is 49.5 Å². The fourth-order valence-electron chi connectivity index (χ4n) is 3.92. The van der Waals surface area contributed by atoms with E-state index in [1.807, 2.05) is 26.0 Å². The predicted octanol–water partition coefficient (Wildman–Crippen LogP) is 3.99. The summed E-state index contributed by atoms with van der Waals surface area (Å²) in [7, 11) is 3.19. The van der Waals surface area contributed by atoms with Crippen molar-refractivity contribution in [2.45, 2.75) is 19.8 Å². The first-order valence-corrected chi connectivity index (χ1v) is 10.8. The molecular formula is C24H29ClN2O4. The van der Waals surface area contributed by atoms with Crippen molar-refractivity contribution in [3.05, 3.63) is 58.6 Å². The minimum atomic E-state index is -0.385. The smallest absolute Gasteiger partial charge is 0.253 e. The number of halogens is 1. The number of amides is 2. The Balaban J connectivity index is 1.92. The summed E-state index contributed by atoms with van der Waals surface area (Å²) in [5.74, 6) is 0.871. The van der Waals surface area contributed by atoms with Crippen LogP contribution in [0.25, 0.3) is 0 Å². The standard InChI is InChI=1S/C24H29ClN2O4/c1-15(2)12-26-23(28)21-14-27(24(29)16-6-5-7-17(25)10-16)13-20(21)19-9-8-18(30-3)11-22(19)31-4/h5-11,15,20-21H,12-14H2,1-4H3,(H,26,28)/t20-,21+/m1/s1. The summed E-state index contributed by atoms with van der Waals surface area (Å²) in [4.78, 5) is 28.0. The van der Waals surface area contributed by atoms with Crippen molar-refractivity contribution < 1.29 is 19.1 Å². The van der Waals surface area contributed by atoms with Gasteiger partial charge in [-0.3, -0.25) is 9.59 Å². The van der Waals surface area contributed by atoms with Gasteiger partial charge in [0.2, 0.25) is 5.91 Å². The summed E-state index contributed by atoms with van der Waals surface area (Å²) in [6, 6.07) is 12.4. The average Bonchev–Trinajstić information content (AvgIpc) is 3.21. The number of carbonyl (C=O) groups is 2. The van der Waals surface area contributed by atoms with Crippen LogP contribution in [-0.2, 0) is 4.79 Å². The molecule has 0 radical (unpaired) electrons. The van der Waals surface area contributed by atoms with Gasteiger partial charge < -0.3 is 19.7 Å². The van der Waals surface area contributed by atoms with E-state index >= 15 is 0 Å². The van der Waals surface area contributed by atoms with Crippen LogP contribution >= 0.6 is 11.6 Å². The van der Waals surface area contributed by atoms with E-state index in [0.29, 0.717) is 47.6 Å². The average molecular weight is 445 g/mol. The molecule has 1 N–H and O–H groups in total. The second-order valence-electron chi connectivity index (χ2n) is 8.18. The Kier molecular flexibility index (Phi) is 7.44. The Bertz CT molecular complexity index is 947. The number of carbonyl (C=O) groups excluding carboxylic acids is 2. The van der Waals surface area contributed by atoms with Crippen LogP contribution in [0.4, 0.5) is 0 Å². The topological polar surface area (TPSA) is 67.9 Å². The normalized spacial score (nSPS) is 18.2. The number of ether oxygens (including phenoxy) is 2. The quantitative estimate of drug-likeness (QED) is 0.701. The minimum Gasteiger partial charge on any atom is -0.497 e. The molecule has 166 valence electrons. The highest BCUT2D eigenvalue weighted by molar-refractivity contribution is 6.30. The molecule has 6 nitrogen and oxygen atoms in total. The molecule has 0 spiro atoms. The number of benzene rings is 2. The third-order valence-electron chi connectivity index (χ3n) is 5.54. The van der Waals surface area contributed by atoms with Crippen LogP contribution in [0.1, 0.15) is 35.7 Å². The van der Waals surface area contributed by atoms with E-state index in [9.17, 15) is 9.59 Å². The predicted molar refractivity (Wildman–Crippen MR) is 121 cm³/mol. The summed E-state index contributed by atoms with van der Waals surface area (Å²) in [5.41, 5.74) is 1.39. The molecule has 2 aromatic carbocycles. The highest BCUT2D eigenvalue weighted by Gasteiger charge is 2.41. The van der Waals surface area contributed by atoms with Gasteiger partial charge in [-0.15, -0.1) is 0 Å². The van der Waals surface area contributed by atoms with Gasteiger partial charge >= 0.3 is 0 Å². The zero-order chi connectivity index (χ0) is 22.5. The number of hydrogen-bond donors (Lipinski definition) is 1. The van der Waals surface area contributed by atoms with Gasteiger partial charge in [-0.2, -0.15) is 0 Å². The molecule has 7 heteroatoms. The minimum absolute atomic E-state index is 0.0574. The molecule has 0 saturated carbocycles. The zero-order valence-electron chi connectivity index (χ0n) is 18.4. The Labute approximate surface area is 188 Å². The Morgan fingerprint density at radius 2 is 1.90 bits per heavy atom. The maximum atomic E-state index is 13.1. The maximum absolute atomic E-state index is 13.1. The second-order valence-corrected chi connectivity index (χ2v) is 8.62. The lowest BCUT2D eigenvalue weighted by Crippen LogP contribution is -2.37. The molecule has 2 amide bonds. The lowest BCUT2D eigenvalue weighted by Gasteiger charge is -2.21. The van der Waals surface area contributed by atoms with Crippen LogP contribution < -0.4 is 14.8 Å². The van der Waals surface area contributed by atoms with Crippen molar-refractivity contribution in [2.24, 2.45) is 11.8 Å². The number of hydrogen-bond acceptors (Lipinski definition) is 4. The number of rotatable bonds is 7. The number of methoxy groups -OCH3 is 2. The molecular weight excluding hydrogens is 416 g/mol. The van der Waals surface area contributed by atoms with E-state index < -0.39 is 0 Å². The zero-order valence-corrected chi connectivity index (χ0v) is 19.1. The first-order valence-electron chi connectivity index (χ1n) is 10.4. The van der Waals surface area contributed by atoms with Gasteiger partial charge in [0.25, 0.3) is 5.91 Å². The summed E-state index contributed by atoms with van der Waals surface area (Å²) in [5, 5.41) is 3.53. The molecule has 1 heterocycles. The molecule has 1 fully saturated rings. The van der Waals surface area contributed by atoms with Crippen LogP contribution in [0.15, 0.2) is 42.5 Å². The maximum Gasteiger partial charge on any atom is 0.253 e. The second kappa shape index (κ2) is 10.1. The highest BCUT2D eigenvalue weighted by Crippen LogP contribution is 2.39. The third kappa shape index (κ3) is 5.31. The SMILES string of the molecule is COc1ccc([C@H]2CN(C(=O)c3cccc(Cl)c3)C[C@@H]2C(=O)NCC(C)C)c(OC)c1. The van der Waals surface area contributed by atoms with Gasteiger partial charge in [0, 0.05) is 47.8 Å². The van der Waals surface area contributed by atoms with E-state index in [1.165, 1.54) is 0 Å². The van der Waals surface area contributed by atoms with Crippen LogP contribution in [-0.4, -0.2) is 50.6 Å². The largest absolute Gasteiger partial charge is 0.497 e.